The number of nitrogens with one attached hydrogen (secondary N) is 1. The molecule has 0 saturated heterocycles. The second kappa shape index (κ2) is 7.78. The summed E-state index contributed by atoms with van der Waals surface area (Å²) in [5.74, 6) is 0.426. The smallest absolute Gasteiger partial charge is 0.261 e. The molecule has 136 valence electrons. The van der Waals surface area contributed by atoms with E-state index in [1.165, 1.54) is 23.5 Å². The molecule has 3 aromatic rings. The summed E-state index contributed by atoms with van der Waals surface area (Å²) in [6, 6.07) is 6.10. The van der Waals surface area contributed by atoms with Crippen molar-refractivity contribution in [3.8, 4) is 0 Å². The van der Waals surface area contributed by atoms with Gasteiger partial charge in [-0.3, -0.25) is 4.79 Å². The molecule has 26 heavy (non-hydrogen) atoms. The topological polar surface area (TPSA) is 58.1 Å². The van der Waals surface area contributed by atoms with Crippen LogP contribution in [0.15, 0.2) is 30.6 Å². The predicted molar refractivity (Wildman–Crippen MR) is 103 cm³/mol. The van der Waals surface area contributed by atoms with E-state index in [0.717, 1.165) is 40.3 Å². The van der Waals surface area contributed by atoms with Crippen LogP contribution in [0.25, 0.3) is 10.2 Å². The maximum absolute atomic E-state index is 13.0. The molecule has 2 heterocycles. The van der Waals surface area contributed by atoms with Gasteiger partial charge in [0.25, 0.3) is 5.91 Å². The fraction of sp³-hybridized carbons (Fsp3) is 0.316. The third-order valence-corrected chi connectivity index (χ3v) is 5.54. The van der Waals surface area contributed by atoms with Crippen molar-refractivity contribution < 1.29 is 9.18 Å². The van der Waals surface area contributed by atoms with Crippen LogP contribution in [0.3, 0.4) is 0 Å². The summed E-state index contributed by atoms with van der Waals surface area (Å²) >= 11 is 1.37. The van der Waals surface area contributed by atoms with Crippen LogP contribution in [0.1, 0.15) is 34.6 Å². The number of thiophene rings is 1. The zero-order valence-electron chi connectivity index (χ0n) is 15.0. The van der Waals surface area contributed by atoms with Crippen molar-refractivity contribution in [2.24, 2.45) is 0 Å². The number of carbonyl (C=O) groups excluding carboxylic acids is 1. The van der Waals surface area contributed by atoms with E-state index >= 15 is 0 Å². The molecular weight excluding hydrogens is 351 g/mol. The van der Waals surface area contributed by atoms with Crippen LogP contribution in [-0.2, 0) is 6.54 Å². The molecule has 0 aliphatic rings. The minimum Gasteiger partial charge on any atom is -0.357 e. The molecule has 7 heteroatoms. The van der Waals surface area contributed by atoms with Crippen LogP contribution < -0.4 is 10.2 Å². The van der Waals surface area contributed by atoms with Gasteiger partial charge in [-0.15, -0.1) is 11.3 Å². The summed E-state index contributed by atoms with van der Waals surface area (Å²) < 4.78 is 13.0. The van der Waals surface area contributed by atoms with Gasteiger partial charge in [0.15, 0.2) is 0 Å². The van der Waals surface area contributed by atoms with Crippen molar-refractivity contribution in [3.63, 3.8) is 0 Å². The number of amides is 1. The molecule has 2 aromatic heterocycles. The van der Waals surface area contributed by atoms with Crippen LogP contribution in [0.4, 0.5) is 10.2 Å². The lowest BCUT2D eigenvalue weighted by molar-refractivity contribution is 0.0954. The van der Waals surface area contributed by atoms with Crippen LogP contribution in [0.5, 0.6) is 0 Å². The van der Waals surface area contributed by atoms with Gasteiger partial charge in [-0.25, -0.2) is 14.4 Å². The third kappa shape index (κ3) is 3.53. The highest BCUT2D eigenvalue weighted by molar-refractivity contribution is 7.20. The van der Waals surface area contributed by atoms with Gasteiger partial charge in [-0.05, 0) is 44.0 Å². The molecule has 0 radical (unpaired) electrons. The van der Waals surface area contributed by atoms with Crippen molar-refractivity contribution in [1.82, 2.24) is 15.3 Å². The van der Waals surface area contributed by atoms with Gasteiger partial charge in [0.05, 0.1) is 10.3 Å². The number of fused-ring (bicyclic) bond motifs is 1. The van der Waals surface area contributed by atoms with E-state index in [1.807, 2.05) is 6.92 Å². The Morgan fingerprint density at radius 1 is 1.19 bits per heavy atom. The van der Waals surface area contributed by atoms with Gasteiger partial charge in [0, 0.05) is 19.6 Å². The Balaban J connectivity index is 1.88. The van der Waals surface area contributed by atoms with E-state index in [-0.39, 0.29) is 11.7 Å². The van der Waals surface area contributed by atoms with E-state index in [4.69, 9.17) is 0 Å². The lowest BCUT2D eigenvalue weighted by atomic mass is 10.1. The maximum atomic E-state index is 13.0. The predicted octanol–water partition coefficient (Wildman–Crippen LogP) is 3.92. The Kier molecular flexibility index (Phi) is 5.46. The summed E-state index contributed by atoms with van der Waals surface area (Å²) in [4.78, 5) is 25.0. The van der Waals surface area contributed by atoms with Crippen molar-refractivity contribution in [2.45, 2.75) is 27.3 Å². The molecule has 0 atom stereocenters. The van der Waals surface area contributed by atoms with Gasteiger partial charge in [0.1, 0.15) is 22.8 Å². The molecule has 0 unspecified atom stereocenters. The highest BCUT2D eigenvalue weighted by Gasteiger charge is 2.20. The highest BCUT2D eigenvalue weighted by Crippen LogP contribution is 2.34. The van der Waals surface area contributed by atoms with Crippen molar-refractivity contribution in [1.29, 1.82) is 0 Å². The Labute approximate surface area is 155 Å². The number of halogens is 1. The number of aromatic nitrogens is 2. The van der Waals surface area contributed by atoms with E-state index < -0.39 is 0 Å². The molecule has 3 rings (SSSR count). The molecular formula is C19H21FN4OS. The molecule has 0 aliphatic carbocycles. The van der Waals surface area contributed by atoms with E-state index in [9.17, 15) is 9.18 Å². The van der Waals surface area contributed by atoms with E-state index in [2.05, 4.69) is 34.0 Å². The van der Waals surface area contributed by atoms with Crippen molar-refractivity contribution in [3.05, 3.63) is 52.4 Å². The Morgan fingerprint density at radius 2 is 1.88 bits per heavy atom. The highest BCUT2D eigenvalue weighted by atomic mass is 32.1. The molecule has 1 amide bonds. The summed E-state index contributed by atoms with van der Waals surface area (Å²) in [5, 5.41) is 3.84. The molecule has 0 saturated carbocycles. The number of carbonyl (C=O) groups is 1. The molecule has 0 bridgehead atoms. The standard InChI is InChI=1S/C19H21FN4OS/c1-4-24(5-2)17-15-12(3)16(26-19(15)23-11-22-17)18(25)21-10-13-6-8-14(20)9-7-13/h6-9,11H,4-5,10H2,1-3H3,(H,21,25). The average Bonchev–Trinajstić information content (AvgIpc) is 3.00. The number of benzene rings is 1. The number of hydrogen-bond donors (Lipinski definition) is 1. The molecule has 1 N–H and O–H groups in total. The zero-order valence-corrected chi connectivity index (χ0v) is 15.9. The fourth-order valence-corrected chi connectivity index (χ4v) is 3.96. The molecule has 0 aliphatic heterocycles. The first-order valence-corrected chi connectivity index (χ1v) is 9.38. The monoisotopic (exact) mass is 372 g/mol. The summed E-state index contributed by atoms with van der Waals surface area (Å²) in [7, 11) is 0. The normalized spacial score (nSPS) is 10.9. The van der Waals surface area contributed by atoms with Gasteiger partial charge < -0.3 is 10.2 Å². The summed E-state index contributed by atoms with van der Waals surface area (Å²) in [5.41, 5.74) is 1.74. The molecule has 1 aromatic carbocycles. The summed E-state index contributed by atoms with van der Waals surface area (Å²) in [6.07, 6.45) is 1.55. The van der Waals surface area contributed by atoms with Crippen LogP contribution in [0, 0.1) is 12.7 Å². The lowest BCUT2D eigenvalue weighted by Crippen LogP contribution is -2.24. The molecule has 5 nitrogen and oxygen atoms in total. The molecule has 0 fully saturated rings. The number of hydrogen-bond acceptors (Lipinski definition) is 5. The second-order valence-electron chi connectivity index (χ2n) is 5.92. The van der Waals surface area contributed by atoms with E-state index in [1.54, 1.807) is 18.5 Å². The molecule has 0 spiro atoms. The number of rotatable bonds is 6. The number of aryl methyl sites for hydroxylation is 1. The van der Waals surface area contributed by atoms with Crippen molar-refractivity contribution in [2.75, 3.05) is 18.0 Å². The third-order valence-electron chi connectivity index (χ3n) is 4.34. The first-order valence-electron chi connectivity index (χ1n) is 8.56. The Bertz CT molecular complexity index is 919. The quantitative estimate of drug-likeness (QED) is 0.713. The zero-order chi connectivity index (χ0) is 18.7. The average molecular weight is 372 g/mol. The first kappa shape index (κ1) is 18.3. The van der Waals surface area contributed by atoms with E-state index in [0.29, 0.717) is 11.4 Å². The van der Waals surface area contributed by atoms with Crippen molar-refractivity contribution >= 4 is 33.3 Å². The maximum Gasteiger partial charge on any atom is 0.261 e. The van der Waals surface area contributed by atoms with Crippen LogP contribution in [0.2, 0.25) is 0 Å². The minimum absolute atomic E-state index is 0.152. The van der Waals surface area contributed by atoms with Gasteiger partial charge >= 0.3 is 0 Å². The van der Waals surface area contributed by atoms with Crippen LogP contribution >= 0.6 is 11.3 Å². The lowest BCUT2D eigenvalue weighted by Gasteiger charge is -2.20. The fourth-order valence-electron chi connectivity index (χ4n) is 2.90. The summed E-state index contributed by atoms with van der Waals surface area (Å²) in [6.45, 7) is 8.11. The van der Waals surface area contributed by atoms with Gasteiger partial charge in [0.2, 0.25) is 0 Å². The Hall–Kier alpha value is -2.54. The second-order valence-corrected chi connectivity index (χ2v) is 6.91. The number of nitrogens with zero attached hydrogens (tertiary/aromatic N) is 3. The first-order chi connectivity index (χ1) is 12.5. The largest absolute Gasteiger partial charge is 0.357 e. The van der Waals surface area contributed by atoms with Gasteiger partial charge in [-0.1, -0.05) is 12.1 Å². The number of anilines is 1. The minimum atomic E-state index is -0.289. The SMILES string of the molecule is CCN(CC)c1ncnc2sc(C(=O)NCc3ccc(F)cc3)c(C)c12. The van der Waals surface area contributed by atoms with Crippen LogP contribution in [-0.4, -0.2) is 29.0 Å². The van der Waals surface area contributed by atoms with Gasteiger partial charge in [-0.2, -0.15) is 0 Å². The Morgan fingerprint density at radius 3 is 2.54 bits per heavy atom.